The number of amidine groups is 2. The van der Waals surface area contributed by atoms with Crippen LogP contribution in [0.15, 0.2) is 59.6 Å². The van der Waals surface area contributed by atoms with Crippen molar-refractivity contribution in [2.75, 3.05) is 13.1 Å². The van der Waals surface area contributed by atoms with Gasteiger partial charge in [-0.1, -0.05) is 42.5 Å². The summed E-state index contributed by atoms with van der Waals surface area (Å²) in [5, 5.41) is 7.81. The average Bonchev–Trinajstić information content (AvgIpc) is 2.56. The quantitative estimate of drug-likeness (QED) is 0.655. The molecule has 0 aliphatic carbocycles. The van der Waals surface area contributed by atoms with E-state index >= 15 is 0 Å². The molecule has 3 N–H and O–H groups in total. The highest BCUT2D eigenvalue weighted by Crippen LogP contribution is 2.18. The summed E-state index contributed by atoms with van der Waals surface area (Å²) in [4.78, 5) is 6.98. The van der Waals surface area contributed by atoms with E-state index in [1.165, 1.54) is 0 Å². The summed E-state index contributed by atoms with van der Waals surface area (Å²) in [5.41, 5.74) is 8.23. The first-order valence-corrected chi connectivity index (χ1v) is 7.49. The molecule has 0 saturated heterocycles. The lowest BCUT2D eigenvalue weighted by Gasteiger charge is -2.24. The predicted octanol–water partition coefficient (Wildman–Crippen LogP) is 3.39. The minimum Gasteiger partial charge on any atom is -0.384 e. The molecule has 4 nitrogen and oxygen atoms in total. The summed E-state index contributed by atoms with van der Waals surface area (Å²) in [6.07, 6.45) is 0. The van der Waals surface area contributed by atoms with Gasteiger partial charge >= 0.3 is 0 Å². The molecule has 2 aromatic carbocycles. The van der Waals surface area contributed by atoms with Gasteiger partial charge in [0.2, 0.25) is 0 Å². The molecule has 2 rings (SSSR count). The molecule has 0 fully saturated rings. The standard InChI is InChI=1S/C18H22N4/c1-3-22(4-2)18(21-14-10-6-5-7-11-14)16-13-9-8-12-15(16)17(19)20/h5-13H,3-4H2,1-2H3,(H3,19,20). The van der Waals surface area contributed by atoms with Crippen molar-refractivity contribution in [2.45, 2.75) is 13.8 Å². The number of nitrogens with zero attached hydrogens (tertiary/aromatic N) is 2. The monoisotopic (exact) mass is 294 g/mol. The number of nitrogen functional groups attached to an aromatic ring is 1. The third kappa shape index (κ3) is 3.52. The molecular weight excluding hydrogens is 272 g/mol. The van der Waals surface area contributed by atoms with Crippen LogP contribution in [0.4, 0.5) is 5.69 Å². The third-order valence-electron chi connectivity index (χ3n) is 3.51. The van der Waals surface area contributed by atoms with E-state index in [1.54, 1.807) is 0 Å². The van der Waals surface area contributed by atoms with Gasteiger partial charge in [0.25, 0.3) is 0 Å². The first kappa shape index (κ1) is 15.8. The van der Waals surface area contributed by atoms with Crippen molar-refractivity contribution in [3.05, 3.63) is 65.7 Å². The van der Waals surface area contributed by atoms with Crippen LogP contribution in [0, 0.1) is 5.41 Å². The van der Waals surface area contributed by atoms with Gasteiger partial charge in [-0.25, -0.2) is 4.99 Å². The van der Waals surface area contributed by atoms with E-state index < -0.39 is 0 Å². The Morgan fingerprint density at radius 1 is 0.955 bits per heavy atom. The van der Waals surface area contributed by atoms with Crippen LogP contribution in [0.1, 0.15) is 25.0 Å². The van der Waals surface area contributed by atoms with Crippen molar-refractivity contribution in [1.82, 2.24) is 4.90 Å². The molecule has 0 spiro atoms. The summed E-state index contributed by atoms with van der Waals surface area (Å²) >= 11 is 0. The SMILES string of the molecule is CCN(CC)C(=Nc1ccccc1)c1ccccc1C(=N)N. The summed E-state index contributed by atoms with van der Waals surface area (Å²) in [6, 6.07) is 17.5. The minimum atomic E-state index is 0.0588. The van der Waals surface area contributed by atoms with Gasteiger partial charge in [0, 0.05) is 24.2 Å². The second-order valence-electron chi connectivity index (χ2n) is 4.90. The van der Waals surface area contributed by atoms with Crippen LogP contribution in [-0.4, -0.2) is 29.7 Å². The molecule has 0 bridgehead atoms. The molecule has 22 heavy (non-hydrogen) atoms. The number of aliphatic imine (C=N–C) groups is 1. The summed E-state index contributed by atoms with van der Waals surface area (Å²) in [6.45, 7) is 5.88. The van der Waals surface area contributed by atoms with E-state index in [0.29, 0.717) is 5.56 Å². The molecule has 0 aromatic heterocycles. The van der Waals surface area contributed by atoms with E-state index in [2.05, 4.69) is 18.7 Å². The maximum Gasteiger partial charge on any atom is 0.137 e. The second kappa shape index (κ2) is 7.41. The zero-order chi connectivity index (χ0) is 15.9. The number of nitrogens with one attached hydrogen (secondary N) is 1. The zero-order valence-corrected chi connectivity index (χ0v) is 13.1. The molecule has 4 heteroatoms. The average molecular weight is 294 g/mol. The Morgan fingerprint density at radius 2 is 1.50 bits per heavy atom. The first-order valence-electron chi connectivity index (χ1n) is 7.49. The van der Waals surface area contributed by atoms with Gasteiger partial charge in [0.1, 0.15) is 11.7 Å². The van der Waals surface area contributed by atoms with Crippen LogP contribution in [0.2, 0.25) is 0 Å². The molecule has 0 amide bonds. The molecule has 0 heterocycles. The number of hydrogen-bond donors (Lipinski definition) is 2. The Bertz CT molecular complexity index is 658. The second-order valence-corrected chi connectivity index (χ2v) is 4.90. The Morgan fingerprint density at radius 3 is 2.05 bits per heavy atom. The van der Waals surface area contributed by atoms with Gasteiger partial charge in [-0.15, -0.1) is 0 Å². The van der Waals surface area contributed by atoms with Gasteiger partial charge < -0.3 is 10.6 Å². The lowest BCUT2D eigenvalue weighted by molar-refractivity contribution is 0.466. The van der Waals surface area contributed by atoms with Gasteiger partial charge in [-0.05, 0) is 26.0 Å². The Kier molecular flexibility index (Phi) is 5.31. The van der Waals surface area contributed by atoms with Crippen LogP contribution < -0.4 is 5.73 Å². The highest BCUT2D eigenvalue weighted by Gasteiger charge is 2.15. The van der Waals surface area contributed by atoms with Crippen molar-refractivity contribution < 1.29 is 0 Å². The fraction of sp³-hybridized carbons (Fsp3) is 0.222. The van der Waals surface area contributed by atoms with Gasteiger partial charge in [0.15, 0.2) is 0 Å². The smallest absolute Gasteiger partial charge is 0.137 e. The molecular formula is C18H22N4. The molecule has 114 valence electrons. The van der Waals surface area contributed by atoms with Crippen LogP contribution in [0.5, 0.6) is 0 Å². The molecule has 0 aliphatic heterocycles. The highest BCUT2D eigenvalue weighted by molar-refractivity contribution is 6.10. The third-order valence-corrected chi connectivity index (χ3v) is 3.51. The minimum absolute atomic E-state index is 0.0588. The molecule has 0 aliphatic rings. The Hall–Kier alpha value is -2.62. The van der Waals surface area contributed by atoms with E-state index in [-0.39, 0.29) is 5.84 Å². The lowest BCUT2D eigenvalue weighted by Crippen LogP contribution is -2.33. The molecule has 0 unspecified atom stereocenters. The van der Waals surface area contributed by atoms with E-state index in [1.807, 2.05) is 54.6 Å². The maximum atomic E-state index is 7.81. The van der Waals surface area contributed by atoms with Crippen LogP contribution in [0.3, 0.4) is 0 Å². The first-order chi connectivity index (χ1) is 10.7. The van der Waals surface area contributed by atoms with Gasteiger partial charge in [-0.3, -0.25) is 5.41 Å². The largest absolute Gasteiger partial charge is 0.384 e. The number of nitrogens with two attached hydrogens (primary N) is 1. The fourth-order valence-electron chi connectivity index (χ4n) is 2.36. The van der Waals surface area contributed by atoms with Gasteiger partial charge in [0.05, 0.1) is 5.69 Å². The molecule has 0 saturated carbocycles. The summed E-state index contributed by atoms with van der Waals surface area (Å²) in [7, 11) is 0. The van der Waals surface area contributed by atoms with Crippen molar-refractivity contribution in [2.24, 2.45) is 10.7 Å². The topological polar surface area (TPSA) is 65.5 Å². The lowest BCUT2D eigenvalue weighted by atomic mass is 10.0. The Labute approximate surface area is 131 Å². The molecule has 2 aromatic rings. The number of rotatable bonds is 5. The molecule has 0 radical (unpaired) electrons. The summed E-state index contributed by atoms with van der Waals surface area (Å²) in [5.74, 6) is 0.908. The van der Waals surface area contributed by atoms with Crippen LogP contribution in [-0.2, 0) is 0 Å². The van der Waals surface area contributed by atoms with Gasteiger partial charge in [-0.2, -0.15) is 0 Å². The zero-order valence-electron chi connectivity index (χ0n) is 13.1. The summed E-state index contributed by atoms with van der Waals surface area (Å²) < 4.78 is 0. The normalized spacial score (nSPS) is 11.3. The van der Waals surface area contributed by atoms with Crippen LogP contribution in [0.25, 0.3) is 0 Å². The van der Waals surface area contributed by atoms with E-state index in [4.69, 9.17) is 16.1 Å². The van der Waals surface area contributed by atoms with Crippen molar-refractivity contribution in [3.8, 4) is 0 Å². The van der Waals surface area contributed by atoms with Crippen molar-refractivity contribution >= 4 is 17.4 Å². The number of para-hydroxylation sites is 1. The molecule has 0 atom stereocenters. The maximum absolute atomic E-state index is 7.81. The predicted molar refractivity (Wildman–Crippen MR) is 93.0 cm³/mol. The fourth-order valence-corrected chi connectivity index (χ4v) is 2.36. The highest BCUT2D eigenvalue weighted by atomic mass is 15.2. The van der Waals surface area contributed by atoms with E-state index in [9.17, 15) is 0 Å². The number of hydrogen-bond acceptors (Lipinski definition) is 2. The van der Waals surface area contributed by atoms with Crippen molar-refractivity contribution in [1.29, 1.82) is 5.41 Å². The van der Waals surface area contributed by atoms with E-state index in [0.717, 1.165) is 30.2 Å². The van der Waals surface area contributed by atoms with Crippen LogP contribution >= 0.6 is 0 Å². The number of benzene rings is 2. The van der Waals surface area contributed by atoms with Crippen molar-refractivity contribution in [3.63, 3.8) is 0 Å². The Balaban J connectivity index is 2.60.